The molecule has 0 saturated carbocycles. The number of hydrogen-bond donors (Lipinski definition) is 3. The van der Waals surface area contributed by atoms with Crippen molar-refractivity contribution in [3.05, 3.63) is 54.1 Å². The molecule has 2 aromatic carbocycles. The normalized spacial score (nSPS) is 10.6. The van der Waals surface area contributed by atoms with E-state index < -0.39 is 0 Å². The highest BCUT2D eigenvalue weighted by Crippen LogP contribution is 2.19. The molecule has 2 amide bonds. The molecule has 3 aromatic rings. The lowest BCUT2D eigenvalue weighted by Gasteiger charge is -2.07. The van der Waals surface area contributed by atoms with E-state index >= 15 is 0 Å². The standard InChI is InChI=1S/C18H18N4O2S/c1-2-19-17(24)12-6-5-7-13(10-12)20-16(23)11-25-18-21-14-8-3-4-9-15(14)22-18/h3-10H,2,11H2,1H3,(H,19,24)(H,20,23)(H,21,22). The first-order valence-electron chi connectivity index (χ1n) is 7.91. The van der Waals surface area contributed by atoms with Crippen molar-refractivity contribution in [2.75, 3.05) is 17.6 Å². The van der Waals surface area contributed by atoms with Gasteiger partial charge in [-0.25, -0.2) is 4.98 Å². The van der Waals surface area contributed by atoms with E-state index in [1.54, 1.807) is 24.3 Å². The summed E-state index contributed by atoms with van der Waals surface area (Å²) in [6.45, 7) is 2.42. The van der Waals surface area contributed by atoms with Crippen LogP contribution in [0, 0.1) is 0 Å². The highest BCUT2D eigenvalue weighted by Gasteiger charge is 2.09. The van der Waals surface area contributed by atoms with Gasteiger partial charge in [0.2, 0.25) is 5.91 Å². The molecule has 3 N–H and O–H groups in total. The summed E-state index contributed by atoms with van der Waals surface area (Å²) >= 11 is 1.33. The molecule has 7 heteroatoms. The number of benzene rings is 2. The zero-order valence-corrected chi connectivity index (χ0v) is 14.5. The first kappa shape index (κ1) is 17.0. The first-order chi connectivity index (χ1) is 12.2. The van der Waals surface area contributed by atoms with Gasteiger partial charge in [0.15, 0.2) is 5.16 Å². The lowest BCUT2D eigenvalue weighted by molar-refractivity contribution is -0.113. The molecule has 3 rings (SSSR count). The fourth-order valence-electron chi connectivity index (χ4n) is 2.33. The first-order valence-corrected chi connectivity index (χ1v) is 8.90. The van der Waals surface area contributed by atoms with Crippen molar-refractivity contribution in [2.45, 2.75) is 12.1 Å². The number of aromatic nitrogens is 2. The largest absolute Gasteiger partial charge is 0.352 e. The summed E-state index contributed by atoms with van der Waals surface area (Å²) in [5, 5.41) is 6.24. The van der Waals surface area contributed by atoms with Crippen molar-refractivity contribution in [3.8, 4) is 0 Å². The number of nitrogens with zero attached hydrogens (tertiary/aromatic N) is 1. The van der Waals surface area contributed by atoms with Gasteiger partial charge in [-0.1, -0.05) is 30.0 Å². The van der Waals surface area contributed by atoms with E-state index in [2.05, 4.69) is 20.6 Å². The number of nitrogens with one attached hydrogen (secondary N) is 3. The average Bonchev–Trinajstić information content (AvgIpc) is 3.03. The number of hydrogen-bond acceptors (Lipinski definition) is 4. The van der Waals surface area contributed by atoms with E-state index in [0.29, 0.717) is 23.0 Å². The van der Waals surface area contributed by atoms with Crippen LogP contribution in [0.1, 0.15) is 17.3 Å². The van der Waals surface area contributed by atoms with Crippen LogP contribution < -0.4 is 10.6 Å². The summed E-state index contributed by atoms with van der Waals surface area (Å²) in [5.41, 5.74) is 2.93. The smallest absolute Gasteiger partial charge is 0.251 e. The van der Waals surface area contributed by atoms with Crippen molar-refractivity contribution in [1.82, 2.24) is 15.3 Å². The SMILES string of the molecule is CCNC(=O)c1cccc(NC(=O)CSc2nc3ccccc3[nH]2)c1. The van der Waals surface area contributed by atoms with E-state index in [9.17, 15) is 9.59 Å². The number of amides is 2. The van der Waals surface area contributed by atoms with Gasteiger partial charge in [-0.15, -0.1) is 0 Å². The monoisotopic (exact) mass is 354 g/mol. The Morgan fingerprint density at radius 3 is 2.80 bits per heavy atom. The van der Waals surface area contributed by atoms with Crippen molar-refractivity contribution in [2.24, 2.45) is 0 Å². The number of carbonyl (C=O) groups excluding carboxylic acids is 2. The molecule has 6 nitrogen and oxygen atoms in total. The van der Waals surface area contributed by atoms with Crippen molar-refractivity contribution < 1.29 is 9.59 Å². The Kier molecular flexibility index (Phi) is 5.35. The topological polar surface area (TPSA) is 86.9 Å². The maximum atomic E-state index is 12.1. The van der Waals surface area contributed by atoms with Gasteiger partial charge in [0, 0.05) is 17.8 Å². The van der Waals surface area contributed by atoms with Crippen LogP contribution in [0.25, 0.3) is 11.0 Å². The maximum Gasteiger partial charge on any atom is 0.251 e. The number of imidazole rings is 1. The predicted molar refractivity (Wildman–Crippen MR) is 99.9 cm³/mol. The predicted octanol–water partition coefficient (Wildman–Crippen LogP) is 3.04. The number of H-pyrrole nitrogens is 1. The number of para-hydroxylation sites is 2. The summed E-state index contributed by atoms with van der Waals surface area (Å²) in [6.07, 6.45) is 0. The lowest BCUT2D eigenvalue weighted by Crippen LogP contribution is -2.23. The van der Waals surface area contributed by atoms with Gasteiger partial charge >= 0.3 is 0 Å². The zero-order valence-electron chi connectivity index (χ0n) is 13.7. The summed E-state index contributed by atoms with van der Waals surface area (Å²) < 4.78 is 0. The van der Waals surface area contributed by atoms with Crippen LogP contribution in [-0.2, 0) is 4.79 Å². The van der Waals surface area contributed by atoms with E-state index in [1.807, 2.05) is 31.2 Å². The second-order valence-electron chi connectivity index (χ2n) is 5.34. The van der Waals surface area contributed by atoms with Gasteiger partial charge < -0.3 is 15.6 Å². The summed E-state index contributed by atoms with van der Waals surface area (Å²) in [6, 6.07) is 14.6. The van der Waals surface area contributed by atoms with Crippen molar-refractivity contribution in [3.63, 3.8) is 0 Å². The van der Waals surface area contributed by atoms with Crippen molar-refractivity contribution in [1.29, 1.82) is 0 Å². The molecule has 0 aliphatic heterocycles. The van der Waals surface area contributed by atoms with Crippen molar-refractivity contribution >= 4 is 40.3 Å². The van der Waals surface area contributed by atoms with Crippen LogP contribution in [0.4, 0.5) is 5.69 Å². The third-order valence-electron chi connectivity index (χ3n) is 3.45. The minimum Gasteiger partial charge on any atom is -0.352 e. The highest BCUT2D eigenvalue weighted by molar-refractivity contribution is 7.99. The molecule has 0 aliphatic rings. The molecule has 0 atom stereocenters. The number of fused-ring (bicyclic) bond motifs is 1. The molecular formula is C18H18N4O2S. The Hall–Kier alpha value is -2.80. The van der Waals surface area contributed by atoms with Gasteiger partial charge in [0.05, 0.1) is 16.8 Å². The molecule has 1 heterocycles. The third kappa shape index (κ3) is 4.39. The van der Waals surface area contributed by atoms with E-state index in [-0.39, 0.29) is 17.6 Å². The molecule has 25 heavy (non-hydrogen) atoms. The number of rotatable bonds is 6. The average molecular weight is 354 g/mol. The quantitative estimate of drug-likeness (QED) is 0.594. The number of thioether (sulfide) groups is 1. The number of anilines is 1. The number of aromatic amines is 1. The molecule has 0 radical (unpaired) electrons. The second kappa shape index (κ2) is 7.85. The summed E-state index contributed by atoms with van der Waals surface area (Å²) in [4.78, 5) is 31.6. The summed E-state index contributed by atoms with van der Waals surface area (Å²) in [7, 11) is 0. The third-order valence-corrected chi connectivity index (χ3v) is 4.33. The molecule has 0 spiro atoms. The Morgan fingerprint density at radius 1 is 1.16 bits per heavy atom. The molecule has 128 valence electrons. The molecule has 1 aromatic heterocycles. The molecular weight excluding hydrogens is 336 g/mol. The second-order valence-corrected chi connectivity index (χ2v) is 6.30. The molecule has 0 aliphatic carbocycles. The van der Waals surface area contributed by atoms with Gasteiger partial charge in [-0.05, 0) is 37.3 Å². The minimum atomic E-state index is -0.157. The molecule has 0 fully saturated rings. The van der Waals surface area contributed by atoms with Crippen LogP contribution >= 0.6 is 11.8 Å². The highest BCUT2D eigenvalue weighted by atomic mass is 32.2. The fraction of sp³-hybridized carbons (Fsp3) is 0.167. The summed E-state index contributed by atoms with van der Waals surface area (Å²) in [5.74, 6) is -0.0840. The van der Waals surface area contributed by atoms with Gasteiger partial charge in [-0.3, -0.25) is 9.59 Å². The van der Waals surface area contributed by atoms with Crippen LogP contribution in [-0.4, -0.2) is 34.1 Å². The molecule has 0 saturated heterocycles. The number of carbonyl (C=O) groups is 2. The molecule has 0 unspecified atom stereocenters. The zero-order chi connectivity index (χ0) is 17.6. The minimum absolute atomic E-state index is 0.154. The Bertz CT molecular complexity index is 874. The Morgan fingerprint density at radius 2 is 2.00 bits per heavy atom. The Labute approximate surface area is 149 Å². The van der Waals surface area contributed by atoms with Gasteiger partial charge in [-0.2, -0.15) is 0 Å². The van der Waals surface area contributed by atoms with Crippen LogP contribution in [0.15, 0.2) is 53.7 Å². The van der Waals surface area contributed by atoms with E-state index in [0.717, 1.165) is 11.0 Å². The van der Waals surface area contributed by atoms with E-state index in [4.69, 9.17) is 0 Å². The maximum absolute atomic E-state index is 12.1. The van der Waals surface area contributed by atoms with Gasteiger partial charge in [0.25, 0.3) is 5.91 Å². The van der Waals surface area contributed by atoms with E-state index in [1.165, 1.54) is 11.8 Å². The molecule has 0 bridgehead atoms. The van der Waals surface area contributed by atoms with Crippen LogP contribution in [0.5, 0.6) is 0 Å². The van der Waals surface area contributed by atoms with Crippen LogP contribution in [0.2, 0.25) is 0 Å². The van der Waals surface area contributed by atoms with Gasteiger partial charge in [0.1, 0.15) is 0 Å². The van der Waals surface area contributed by atoms with Crippen LogP contribution in [0.3, 0.4) is 0 Å². The lowest BCUT2D eigenvalue weighted by atomic mass is 10.2. The Balaban J connectivity index is 1.59. The fourth-order valence-corrected chi connectivity index (χ4v) is 3.01.